The van der Waals surface area contributed by atoms with Crippen molar-refractivity contribution < 1.29 is 9.90 Å². The minimum absolute atomic E-state index is 0.208. The summed E-state index contributed by atoms with van der Waals surface area (Å²) in [5.41, 5.74) is 0. The Kier molecular flexibility index (Phi) is 4.22. The largest absolute Gasteiger partial charge is 0.481 e. The maximum atomic E-state index is 10.7. The van der Waals surface area contributed by atoms with Crippen molar-refractivity contribution in [3.63, 3.8) is 0 Å². The highest BCUT2D eigenvalue weighted by molar-refractivity contribution is 5.70. The first kappa shape index (κ1) is 10.5. The molecule has 0 aliphatic heterocycles. The summed E-state index contributed by atoms with van der Waals surface area (Å²) < 4.78 is 0. The second-order valence-electron chi connectivity index (χ2n) is 3.83. The third-order valence-electron chi connectivity index (χ3n) is 2.85. The highest BCUT2D eigenvalue weighted by Gasteiger charge is 2.19. The Balaban J connectivity index is 2.18. The van der Waals surface area contributed by atoms with Crippen molar-refractivity contribution in [3.8, 4) is 0 Å². The zero-order valence-electron chi connectivity index (χ0n) is 8.25. The molecule has 1 saturated carbocycles. The number of aliphatic carboxylic acids is 1. The van der Waals surface area contributed by atoms with E-state index in [4.69, 9.17) is 5.11 Å². The maximum Gasteiger partial charge on any atom is 0.307 e. The number of hydrogen-bond acceptors (Lipinski definition) is 2. The van der Waals surface area contributed by atoms with Crippen LogP contribution in [0.15, 0.2) is 0 Å². The van der Waals surface area contributed by atoms with Crippen LogP contribution >= 0.6 is 0 Å². The molecule has 3 nitrogen and oxygen atoms in total. The van der Waals surface area contributed by atoms with E-state index in [1.165, 1.54) is 25.7 Å². The molecule has 0 saturated heterocycles. The quantitative estimate of drug-likeness (QED) is 0.684. The second kappa shape index (κ2) is 5.22. The van der Waals surface area contributed by atoms with Crippen LogP contribution < -0.4 is 5.32 Å². The summed E-state index contributed by atoms with van der Waals surface area (Å²) in [6.07, 6.45) is 5.74. The summed E-state index contributed by atoms with van der Waals surface area (Å²) >= 11 is 0. The van der Waals surface area contributed by atoms with E-state index in [0.717, 1.165) is 6.42 Å². The highest BCUT2D eigenvalue weighted by Crippen LogP contribution is 2.17. The Morgan fingerprint density at radius 2 is 2.15 bits per heavy atom. The Hall–Kier alpha value is -0.570. The molecular weight excluding hydrogens is 166 g/mol. The fourth-order valence-electron chi connectivity index (χ4n) is 1.85. The first-order valence-electron chi connectivity index (χ1n) is 5.20. The molecule has 0 aromatic rings. The summed E-state index contributed by atoms with van der Waals surface area (Å²) in [6, 6.07) is 0.577. The number of nitrogens with one attached hydrogen (secondary N) is 1. The van der Waals surface area contributed by atoms with Gasteiger partial charge in [-0.3, -0.25) is 4.79 Å². The van der Waals surface area contributed by atoms with Gasteiger partial charge < -0.3 is 10.4 Å². The Labute approximate surface area is 79.5 Å². The van der Waals surface area contributed by atoms with E-state index in [1.807, 2.05) is 6.92 Å². The van der Waals surface area contributed by atoms with Crippen LogP contribution in [0.1, 0.15) is 39.0 Å². The molecule has 0 bridgehead atoms. The van der Waals surface area contributed by atoms with Gasteiger partial charge in [-0.1, -0.05) is 19.8 Å². The Morgan fingerprint density at radius 1 is 1.54 bits per heavy atom. The molecule has 1 atom stereocenters. The molecule has 1 unspecified atom stereocenters. The summed E-state index contributed by atoms with van der Waals surface area (Å²) in [4.78, 5) is 10.7. The number of hydrogen-bond donors (Lipinski definition) is 2. The lowest BCUT2D eigenvalue weighted by Gasteiger charge is -2.15. The molecule has 76 valence electrons. The van der Waals surface area contributed by atoms with Gasteiger partial charge in [0, 0.05) is 12.6 Å². The van der Waals surface area contributed by atoms with Gasteiger partial charge in [-0.15, -0.1) is 0 Å². The van der Waals surface area contributed by atoms with Crippen LogP contribution in [-0.4, -0.2) is 23.7 Å². The topological polar surface area (TPSA) is 49.3 Å². The predicted octanol–water partition coefficient (Wildman–Crippen LogP) is 1.63. The van der Waals surface area contributed by atoms with Crippen molar-refractivity contribution >= 4 is 5.97 Å². The van der Waals surface area contributed by atoms with E-state index < -0.39 is 5.97 Å². The van der Waals surface area contributed by atoms with Crippen molar-refractivity contribution in [1.29, 1.82) is 0 Å². The van der Waals surface area contributed by atoms with Crippen LogP contribution in [0.5, 0.6) is 0 Å². The third kappa shape index (κ3) is 3.35. The van der Waals surface area contributed by atoms with Crippen LogP contribution in [0.2, 0.25) is 0 Å². The van der Waals surface area contributed by atoms with Crippen molar-refractivity contribution in [3.05, 3.63) is 0 Å². The van der Waals surface area contributed by atoms with Crippen molar-refractivity contribution in [2.45, 2.75) is 45.1 Å². The highest BCUT2D eigenvalue weighted by atomic mass is 16.4. The molecule has 1 fully saturated rings. The van der Waals surface area contributed by atoms with Gasteiger partial charge >= 0.3 is 5.97 Å². The molecule has 0 heterocycles. The SMILES string of the molecule is CCC(CNC1CCCC1)C(=O)O. The van der Waals surface area contributed by atoms with Gasteiger partial charge in [-0.2, -0.15) is 0 Å². The average Bonchev–Trinajstić information content (AvgIpc) is 2.57. The molecule has 0 radical (unpaired) electrons. The van der Waals surface area contributed by atoms with Crippen LogP contribution in [0.3, 0.4) is 0 Å². The van der Waals surface area contributed by atoms with Gasteiger partial charge in [0.1, 0.15) is 0 Å². The molecule has 2 N–H and O–H groups in total. The lowest BCUT2D eigenvalue weighted by atomic mass is 10.1. The molecule has 13 heavy (non-hydrogen) atoms. The molecule has 0 amide bonds. The molecular formula is C10H19NO2. The van der Waals surface area contributed by atoms with Crippen LogP contribution in [0.4, 0.5) is 0 Å². The van der Waals surface area contributed by atoms with Gasteiger partial charge in [0.25, 0.3) is 0 Å². The van der Waals surface area contributed by atoms with Crippen LogP contribution in [0.25, 0.3) is 0 Å². The third-order valence-corrected chi connectivity index (χ3v) is 2.85. The summed E-state index contributed by atoms with van der Waals surface area (Å²) in [7, 11) is 0. The van der Waals surface area contributed by atoms with Gasteiger partial charge in [0.15, 0.2) is 0 Å². The zero-order chi connectivity index (χ0) is 9.68. The molecule has 3 heteroatoms. The van der Waals surface area contributed by atoms with Crippen LogP contribution in [-0.2, 0) is 4.79 Å². The zero-order valence-corrected chi connectivity index (χ0v) is 8.25. The fraction of sp³-hybridized carbons (Fsp3) is 0.900. The molecule has 0 aromatic carbocycles. The van der Waals surface area contributed by atoms with E-state index in [9.17, 15) is 4.79 Å². The smallest absolute Gasteiger partial charge is 0.307 e. The molecule has 1 aliphatic rings. The van der Waals surface area contributed by atoms with E-state index >= 15 is 0 Å². The van der Waals surface area contributed by atoms with Crippen molar-refractivity contribution in [1.82, 2.24) is 5.32 Å². The van der Waals surface area contributed by atoms with Crippen LogP contribution in [0, 0.1) is 5.92 Å². The minimum Gasteiger partial charge on any atom is -0.481 e. The summed E-state index contributed by atoms with van der Waals surface area (Å²) in [5, 5.41) is 12.1. The Bertz CT molecular complexity index is 164. The van der Waals surface area contributed by atoms with E-state index in [0.29, 0.717) is 12.6 Å². The van der Waals surface area contributed by atoms with E-state index in [-0.39, 0.29) is 5.92 Å². The predicted molar refractivity (Wildman–Crippen MR) is 51.7 cm³/mol. The van der Waals surface area contributed by atoms with Crippen molar-refractivity contribution in [2.24, 2.45) is 5.92 Å². The standard InChI is InChI=1S/C10H19NO2/c1-2-8(10(12)13)7-11-9-5-3-4-6-9/h8-9,11H,2-7H2,1H3,(H,12,13). The van der Waals surface area contributed by atoms with Crippen molar-refractivity contribution in [2.75, 3.05) is 6.54 Å². The first-order chi connectivity index (χ1) is 6.24. The van der Waals surface area contributed by atoms with E-state index in [2.05, 4.69) is 5.32 Å². The lowest BCUT2D eigenvalue weighted by molar-refractivity contribution is -0.141. The average molecular weight is 185 g/mol. The second-order valence-corrected chi connectivity index (χ2v) is 3.83. The van der Waals surface area contributed by atoms with Gasteiger partial charge in [0.2, 0.25) is 0 Å². The number of carbonyl (C=O) groups is 1. The summed E-state index contributed by atoms with van der Waals surface area (Å²) in [5.74, 6) is -0.881. The molecule has 0 aromatic heterocycles. The molecule has 0 spiro atoms. The van der Waals surface area contributed by atoms with Gasteiger partial charge in [-0.25, -0.2) is 0 Å². The normalized spacial score (nSPS) is 20.4. The van der Waals surface area contributed by atoms with E-state index in [1.54, 1.807) is 0 Å². The monoisotopic (exact) mass is 185 g/mol. The number of rotatable bonds is 5. The minimum atomic E-state index is -0.673. The lowest BCUT2D eigenvalue weighted by Crippen LogP contribution is -2.34. The fourth-order valence-corrected chi connectivity index (χ4v) is 1.85. The maximum absolute atomic E-state index is 10.7. The molecule has 1 rings (SSSR count). The number of carboxylic acid groups (broad SMARTS) is 1. The number of carboxylic acids is 1. The Morgan fingerprint density at radius 3 is 2.62 bits per heavy atom. The molecule has 1 aliphatic carbocycles. The first-order valence-corrected chi connectivity index (χ1v) is 5.20. The van der Waals surface area contributed by atoms with Gasteiger partial charge in [-0.05, 0) is 19.3 Å². The van der Waals surface area contributed by atoms with Gasteiger partial charge in [0.05, 0.1) is 5.92 Å². The summed E-state index contributed by atoms with van der Waals surface area (Å²) in [6.45, 7) is 2.56.